The van der Waals surface area contributed by atoms with Gasteiger partial charge in [0.05, 0.1) is 22.0 Å². The monoisotopic (exact) mass is 552 g/mol. The molecule has 3 aliphatic rings. The van der Waals surface area contributed by atoms with Crippen molar-refractivity contribution in [2.45, 2.75) is 52.2 Å². The predicted molar refractivity (Wildman–Crippen MR) is 151 cm³/mol. The topological polar surface area (TPSA) is 99.8 Å². The lowest BCUT2D eigenvalue weighted by Crippen LogP contribution is -2.58. The standard InChI is InChI=1S/C29H37ClN6O3/c1-17-26(25-18(2)34-39-19(25)3)32-27(23-11-22(7-8-24(23)30)38-13-21(37)12-31-4)33-28(17)35-10-9-29(14-35)15-36(16-29)20-5-6-20/h7-8,11,20-21,31,37H,5-6,9-10,12-16H2,1-4H3/t21-/m1/s1. The lowest BCUT2D eigenvalue weighted by molar-refractivity contribution is 0.0114. The Bertz CT molecular complexity index is 1350. The van der Waals surface area contributed by atoms with Crippen molar-refractivity contribution in [1.29, 1.82) is 0 Å². The van der Waals surface area contributed by atoms with E-state index in [4.69, 9.17) is 30.8 Å². The van der Waals surface area contributed by atoms with Crippen molar-refractivity contribution in [2.75, 3.05) is 51.3 Å². The summed E-state index contributed by atoms with van der Waals surface area (Å²) in [5, 5.41) is 17.8. The largest absolute Gasteiger partial charge is 0.491 e. The molecule has 1 spiro atoms. The van der Waals surface area contributed by atoms with Gasteiger partial charge in [-0.15, -0.1) is 0 Å². The molecule has 0 radical (unpaired) electrons. The lowest BCUT2D eigenvalue weighted by atomic mass is 9.79. The number of likely N-dealkylation sites (N-methyl/N-ethyl adjacent to an activating group) is 1. The van der Waals surface area contributed by atoms with Crippen LogP contribution in [0.2, 0.25) is 5.02 Å². The minimum Gasteiger partial charge on any atom is -0.491 e. The van der Waals surface area contributed by atoms with Crippen LogP contribution in [0.15, 0.2) is 22.7 Å². The van der Waals surface area contributed by atoms with Crippen molar-refractivity contribution in [3.63, 3.8) is 0 Å². The Hall–Kier alpha value is -2.72. The summed E-state index contributed by atoms with van der Waals surface area (Å²) in [5.74, 6) is 2.79. The highest BCUT2D eigenvalue weighted by molar-refractivity contribution is 6.33. The molecular formula is C29H37ClN6O3. The summed E-state index contributed by atoms with van der Waals surface area (Å²) >= 11 is 6.72. The SMILES string of the molecule is CNC[C@@H](O)COc1ccc(Cl)c(-c2nc(-c3c(C)noc3C)c(C)c(N3CCC4(C3)CN(C3CC3)C4)n2)c1. The maximum absolute atomic E-state index is 10.1. The number of hydrogen-bond acceptors (Lipinski definition) is 9. The van der Waals surface area contributed by atoms with Crippen LogP contribution in [0, 0.1) is 26.2 Å². The molecule has 39 heavy (non-hydrogen) atoms. The van der Waals surface area contributed by atoms with Gasteiger partial charge in [-0.1, -0.05) is 16.8 Å². The van der Waals surface area contributed by atoms with Crippen LogP contribution in [0.3, 0.4) is 0 Å². The molecule has 6 rings (SSSR count). The van der Waals surface area contributed by atoms with Crippen molar-refractivity contribution >= 4 is 17.4 Å². The minimum atomic E-state index is -0.618. The average molecular weight is 553 g/mol. The number of ether oxygens (including phenoxy) is 1. The van der Waals surface area contributed by atoms with Crippen molar-refractivity contribution in [1.82, 2.24) is 25.3 Å². The number of benzene rings is 1. The van der Waals surface area contributed by atoms with E-state index in [0.717, 1.165) is 53.2 Å². The molecule has 0 bridgehead atoms. The molecule has 1 aromatic carbocycles. The Morgan fingerprint density at radius 1 is 1.21 bits per heavy atom. The van der Waals surface area contributed by atoms with E-state index in [1.807, 2.05) is 19.9 Å². The van der Waals surface area contributed by atoms with Crippen LogP contribution in [0.1, 0.15) is 36.3 Å². The van der Waals surface area contributed by atoms with Gasteiger partial charge >= 0.3 is 0 Å². The van der Waals surface area contributed by atoms with Gasteiger partial charge in [0, 0.05) is 55.3 Å². The van der Waals surface area contributed by atoms with E-state index >= 15 is 0 Å². The fraction of sp³-hybridized carbons (Fsp3) is 0.552. The second-order valence-electron chi connectivity index (χ2n) is 11.5. The molecule has 2 saturated heterocycles. The van der Waals surface area contributed by atoms with Crippen LogP contribution in [0.4, 0.5) is 5.82 Å². The first-order valence-corrected chi connectivity index (χ1v) is 14.2. The first-order valence-electron chi connectivity index (χ1n) is 13.8. The second-order valence-corrected chi connectivity index (χ2v) is 11.9. The molecule has 2 aromatic heterocycles. The van der Waals surface area contributed by atoms with Gasteiger partial charge in [0.1, 0.15) is 30.0 Å². The van der Waals surface area contributed by atoms with Gasteiger partial charge in [-0.25, -0.2) is 9.97 Å². The van der Waals surface area contributed by atoms with Gasteiger partial charge in [0.15, 0.2) is 5.82 Å². The minimum absolute atomic E-state index is 0.167. The number of aliphatic hydroxyl groups excluding tert-OH is 1. The Balaban J connectivity index is 1.36. The molecule has 1 saturated carbocycles. The summed E-state index contributed by atoms with van der Waals surface area (Å²) in [6, 6.07) is 6.26. The zero-order valence-corrected chi connectivity index (χ0v) is 23.9. The third kappa shape index (κ3) is 5.13. The van der Waals surface area contributed by atoms with Crippen LogP contribution in [0.5, 0.6) is 5.75 Å². The van der Waals surface area contributed by atoms with Crippen molar-refractivity contribution in [3.05, 3.63) is 40.2 Å². The summed E-state index contributed by atoms with van der Waals surface area (Å²) in [4.78, 5) is 15.2. The van der Waals surface area contributed by atoms with Crippen LogP contribution >= 0.6 is 11.6 Å². The zero-order chi connectivity index (χ0) is 27.3. The van der Waals surface area contributed by atoms with Gasteiger partial charge in [-0.3, -0.25) is 4.90 Å². The number of hydrogen-bond donors (Lipinski definition) is 2. The van der Waals surface area contributed by atoms with E-state index in [0.29, 0.717) is 34.1 Å². The van der Waals surface area contributed by atoms with E-state index in [2.05, 4.69) is 27.2 Å². The van der Waals surface area contributed by atoms with Gasteiger partial charge in [-0.2, -0.15) is 0 Å². The molecule has 208 valence electrons. The van der Waals surface area contributed by atoms with E-state index in [1.165, 1.54) is 32.4 Å². The van der Waals surface area contributed by atoms with Crippen molar-refractivity contribution in [2.24, 2.45) is 5.41 Å². The van der Waals surface area contributed by atoms with E-state index < -0.39 is 6.10 Å². The maximum Gasteiger partial charge on any atom is 0.163 e. The lowest BCUT2D eigenvalue weighted by Gasteiger charge is -2.48. The van der Waals surface area contributed by atoms with Crippen LogP contribution in [0.25, 0.3) is 22.6 Å². The molecule has 0 unspecified atom stereocenters. The van der Waals surface area contributed by atoms with E-state index in [1.54, 1.807) is 19.2 Å². The third-order valence-electron chi connectivity index (χ3n) is 8.33. The Morgan fingerprint density at radius 2 is 2.00 bits per heavy atom. The fourth-order valence-corrected chi connectivity index (χ4v) is 6.34. The summed E-state index contributed by atoms with van der Waals surface area (Å²) in [6.07, 6.45) is 3.27. The molecule has 2 N–H and O–H groups in total. The van der Waals surface area contributed by atoms with Gasteiger partial charge < -0.3 is 24.6 Å². The Kier molecular flexibility index (Phi) is 7.03. The summed E-state index contributed by atoms with van der Waals surface area (Å²) in [5.41, 5.74) is 4.56. The molecule has 9 nitrogen and oxygen atoms in total. The van der Waals surface area contributed by atoms with Gasteiger partial charge in [-0.05, 0) is 65.3 Å². The fourth-order valence-electron chi connectivity index (χ4n) is 6.14. The van der Waals surface area contributed by atoms with Crippen LogP contribution in [-0.2, 0) is 0 Å². The smallest absolute Gasteiger partial charge is 0.163 e. The quantitative estimate of drug-likeness (QED) is 0.408. The number of halogens is 1. The Labute approximate surface area is 234 Å². The maximum atomic E-state index is 10.1. The average Bonchev–Trinajstić information content (AvgIpc) is 3.55. The summed E-state index contributed by atoms with van der Waals surface area (Å²) in [6.45, 7) is 10.9. The van der Waals surface area contributed by atoms with Crippen molar-refractivity contribution in [3.8, 4) is 28.4 Å². The molecule has 10 heteroatoms. The van der Waals surface area contributed by atoms with Crippen molar-refractivity contribution < 1.29 is 14.4 Å². The summed E-state index contributed by atoms with van der Waals surface area (Å²) < 4.78 is 11.4. The molecule has 3 aromatic rings. The third-order valence-corrected chi connectivity index (χ3v) is 8.66. The molecule has 4 heterocycles. The first-order chi connectivity index (χ1) is 18.8. The second kappa shape index (κ2) is 10.4. The number of aryl methyl sites for hydroxylation is 2. The molecular weight excluding hydrogens is 516 g/mol. The normalized spacial score (nSPS) is 19.5. The molecule has 3 fully saturated rings. The highest BCUT2D eigenvalue weighted by atomic mass is 35.5. The molecule has 1 atom stereocenters. The van der Waals surface area contributed by atoms with Gasteiger partial charge in [0.25, 0.3) is 0 Å². The van der Waals surface area contributed by atoms with Crippen LogP contribution < -0.4 is 15.0 Å². The molecule has 1 aliphatic carbocycles. The number of nitrogens with one attached hydrogen (secondary N) is 1. The van der Waals surface area contributed by atoms with Crippen LogP contribution in [-0.4, -0.2) is 83.7 Å². The van der Waals surface area contributed by atoms with E-state index in [-0.39, 0.29) is 6.61 Å². The number of nitrogens with zero attached hydrogens (tertiary/aromatic N) is 5. The number of rotatable bonds is 9. The van der Waals surface area contributed by atoms with E-state index in [9.17, 15) is 5.11 Å². The number of aliphatic hydroxyl groups is 1. The van der Waals surface area contributed by atoms with Gasteiger partial charge in [0.2, 0.25) is 0 Å². The number of anilines is 1. The number of aromatic nitrogens is 3. The molecule has 0 amide bonds. The zero-order valence-electron chi connectivity index (χ0n) is 23.1. The highest BCUT2D eigenvalue weighted by Crippen LogP contribution is 2.46. The highest BCUT2D eigenvalue weighted by Gasteiger charge is 2.51. The Morgan fingerprint density at radius 3 is 2.69 bits per heavy atom. The number of likely N-dealkylation sites (tertiary alicyclic amines) is 1. The summed E-state index contributed by atoms with van der Waals surface area (Å²) in [7, 11) is 1.79. The predicted octanol–water partition coefficient (Wildman–Crippen LogP) is 4.01. The molecule has 2 aliphatic heterocycles. The first kappa shape index (κ1) is 26.5.